The normalized spacial score (nSPS) is 20.2. The Morgan fingerprint density at radius 1 is 0.580 bits per heavy atom. The fourth-order valence-electron chi connectivity index (χ4n) is 9.17. The van der Waals surface area contributed by atoms with Gasteiger partial charge in [-0.05, 0) is 65.8 Å². The van der Waals surface area contributed by atoms with Gasteiger partial charge in [0.2, 0.25) is 11.8 Å². The number of imide groups is 2. The van der Waals surface area contributed by atoms with Gasteiger partial charge in [0, 0.05) is 101 Å². The SMILES string of the molecule is C.I.O=C1CCC(N2Cc3c(OCc4ccc(CN5CCOCC5)cc4)cccc3C2=O)C(=O)N1.O=C1CCC(N2Cc3c(OCc4ccc(CN5CCOCC5)cc4)cccc3C2=O)C(=O)[N-]1.[Y]. The Morgan fingerprint density at radius 2 is 1.01 bits per heavy atom. The molecule has 4 saturated heterocycles. The molecule has 4 aromatic rings. The van der Waals surface area contributed by atoms with Crippen LogP contribution in [0.2, 0.25) is 0 Å². The number of carbonyl (C=O) groups excluding carboxylic acids is 6. The Balaban J connectivity index is 0.000000217. The number of carbonyl (C=O) groups is 6. The molecule has 0 aromatic heterocycles. The average molecular weight is 1130 g/mol. The van der Waals surface area contributed by atoms with Crippen molar-refractivity contribution < 1.29 is 80.4 Å². The average Bonchev–Trinajstić information content (AvgIpc) is 3.85. The van der Waals surface area contributed by atoms with Gasteiger partial charge in [0.15, 0.2) is 0 Å². The molecule has 4 fully saturated rings. The first-order valence-electron chi connectivity index (χ1n) is 22.7. The maximum absolute atomic E-state index is 12.9. The van der Waals surface area contributed by atoms with Gasteiger partial charge in [-0.2, -0.15) is 0 Å². The Labute approximate surface area is 445 Å². The van der Waals surface area contributed by atoms with Crippen molar-refractivity contribution in [3.05, 3.63) is 135 Å². The van der Waals surface area contributed by atoms with Crippen LogP contribution in [-0.2, 0) is 101 Å². The van der Waals surface area contributed by atoms with Gasteiger partial charge in [0.25, 0.3) is 11.8 Å². The summed E-state index contributed by atoms with van der Waals surface area (Å²) in [5.74, 6) is -0.784. The predicted molar refractivity (Wildman–Crippen MR) is 261 cm³/mol. The zero-order valence-corrected chi connectivity index (χ0v) is 42.9. The second-order valence-corrected chi connectivity index (χ2v) is 17.3. The molecule has 18 heteroatoms. The molecule has 4 aromatic carbocycles. The van der Waals surface area contributed by atoms with Gasteiger partial charge in [-0.1, -0.05) is 68.1 Å². The van der Waals surface area contributed by atoms with E-state index in [-0.39, 0.29) is 101 Å². The van der Waals surface area contributed by atoms with Crippen LogP contribution in [-0.4, -0.2) is 120 Å². The molecule has 1 radical (unpaired) electrons. The number of fused-ring (bicyclic) bond motifs is 2. The molecule has 0 aliphatic carbocycles. The number of hydrogen-bond acceptors (Lipinski definition) is 12. The topological polar surface area (TPSA) is 178 Å². The fraction of sp³-hybridized carbons (Fsp3) is 0.412. The first-order valence-corrected chi connectivity index (χ1v) is 22.7. The molecule has 1 N–H and O–H groups in total. The number of benzene rings is 4. The van der Waals surface area contributed by atoms with Crippen molar-refractivity contribution >= 4 is 59.4 Å². The van der Waals surface area contributed by atoms with E-state index in [1.807, 2.05) is 12.1 Å². The molecule has 69 heavy (non-hydrogen) atoms. The molecule has 363 valence electrons. The third-order valence-electron chi connectivity index (χ3n) is 12.9. The Bertz CT molecular complexity index is 2310. The van der Waals surface area contributed by atoms with E-state index < -0.39 is 29.8 Å². The first kappa shape index (κ1) is 53.7. The van der Waals surface area contributed by atoms with E-state index >= 15 is 0 Å². The molecular weight excluding hydrogens is 1070 g/mol. The van der Waals surface area contributed by atoms with Gasteiger partial charge in [-0.15, -0.1) is 24.0 Å². The summed E-state index contributed by atoms with van der Waals surface area (Å²) < 4.78 is 23.0. The van der Waals surface area contributed by atoms with Gasteiger partial charge in [0.1, 0.15) is 30.8 Å². The summed E-state index contributed by atoms with van der Waals surface area (Å²) in [4.78, 5) is 81.1. The van der Waals surface area contributed by atoms with Gasteiger partial charge in [-0.25, -0.2) is 0 Å². The van der Waals surface area contributed by atoms with Crippen LogP contribution in [0.5, 0.6) is 11.5 Å². The Morgan fingerprint density at radius 3 is 1.46 bits per heavy atom. The summed E-state index contributed by atoms with van der Waals surface area (Å²) in [6, 6.07) is 26.2. The van der Waals surface area contributed by atoms with Crippen LogP contribution in [0.4, 0.5) is 0 Å². The van der Waals surface area contributed by atoms with Gasteiger partial charge in [-0.3, -0.25) is 34.3 Å². The van der Waals surface area contributed by atoms with Crippen LogP contribution in [0.3, 0.4) is 0 Å². The number of ether oxygens (including phenoxy) is 4. The van der Waals surface area contributed by atoms with E-state index in [1.165, 1.54) is 16.0 Å². The summed E-state index contributed by atoms with van der Waals surface area (Å²) in [7, 11) is 0. The van der Waals surface area contributed by atoms with E-state index in [9.17, 15) is 28.8 Å². The van der Waals surface area contributed by atoms with Crippen LogP contribution < -0.4 is 14.8 Å². The number of rotatable bonds is 12. The van der Waals surface area contributed by atoms with Crippen molar-refractivity contribution in [2.24, 2.45) is 0 Å². The standard InChI is InChI=1S/2C25H27N3O5.CH4.HI.Y/c2*29-23-9-8-21(24(30)26-23)28-15-20-19(25(28)31)2-1-3-22(20)33-16-18-6-4-17(5-7-18)14-27-10-12-32-13-11-27;;;/h2*1-7,21H,8-16H2,(H,26,29,30);1H4;1H;/p-1. The smallest absolute Gasteiger partial charge is 0.255 e. The first-order chi connectivity index (χ1) is 32.2. The van der Waals surface area contributed by atoms with Crippen molar-refractivity contribution in [1.29, 1.82) is 0 Å². The zero-order chi connectivity index (χ0) is 45.6. The van der Waals surface area contributed by atoms with Crippen molar-refractivity contribution in [2.75, 3.05) is 52.6 Å². The van der Waals surface area contributed by atoms with Gasteiger partial charge < -0.3 is 43.7 Å². The van der Waals surface area contributed by atoms with E-state index in [4.69, 9.17) is 18.9 Å². The Hall–Kier alpha value is -4.63. The molecule has 2 atom stereocenters. The maximum Gasteiger partial charge on any atom is 0.255 e. The number of morpholine rings is 2. The van der Waals surface area contributed by atoms with E-state index in [2.05, 4.69) is 69.0 Å². The molecule has 6 amide bonds. The maximum atomic E-state index is 12.9. The van der Waals surface area contributed by atoms with Crippen molar-refractivity contribution in [3.63, 3.8) is 0 Å². The van der Waals surface area contributed by atoms with E-state index in [1.54, 1.807) is 29.2 Å². The van der Waals surface area contributed by atoms with Crippen molar-refractivity contribution in [2.45, 2.75) is 84.6 Å². The monoisotopic (exact) mass is 1130 g/mol. The molecule has 6 heterocycles. The quantitative estimate of drug-likeness (QED) is 0.134. The zero-order valence-electron chi connectivity index (χ0n) is 37.8. The number of nitrogens with zero attached hydrogens (tertiary/aromatic N) is 5. The van der Waals surface area contributed by atoms with Crippen LogP contribution >= 0.6 is 24.0 Å². The minimum atomic E-state index is -0.686. The van der Waals surface area contributed by atoms with Gasteiger partial charge in [0.05, 0.1) is 57.4 Å². The number of halogens is 1. The number of hydrogen-bond donors (Lipinski definition) is 1. The van der Waals surface area contributed by atoms with Crippen LogP contribution in [0.15, 0.2) is 84.9 Å². The third-order valence-corrected chi connectivity index (χ3v) is 12.9. The fourth-order valence-corrected chi connectivity index (χ4v) is 9.17. The third kappa shape index (κ3) is 13.0. The number of piperidine rings is 2. The molecule has 2 unspecified atom stereocenters. The predicted octanol–water partition coefficient (Wildman–Crippen LogP) is 5.75. The summed E-state index contributed by atoms with van der Waals surface area (Å²) in [5.41, 5.74) is 7.25. The summed E-state index contributed by atoms with van der Waals surface area (Å²) in [6.07, 6.45) is 1.08. The summed E-state index contributed by atoms with van der Waals surface area (Å²) in [6.45, 7) is 10.1. The molecule has 6 aliphatic heterocycles. The van der Waals surface area contributed by atoms with Crippen molar-refractivity contribution in [1.82, 2.24) is 24.9 Å². The van der Waals surface area contributed by atoms with Crippen LogP contribution in [0, 0.1) is 0 Å². The molecule has 16 nitrogen and oxygen atoms in total. The molecule has 6 aliphatic rings. The molecule has 0 spiro atoms. The number of nitrogens with one attached hydrogen (secondary N) is 1. The largest absolute Gasteiger partial charge is 0.594 e. The summed E-state index contributed by atoms with van der Waals surface area (Å²) >= 11 is 0. The molecule has 0 saturated carbocycles. The van der Waals surface area contributed by atoms with Gasteiger partial charge >= 0.3 is 0 Å². The summed E-state index contributed by atoms with van der Waals surface area (Å²) in [5, 5.41) is 5.87. The van der Waals surface area contributed by atoms with E-state index in [0.29, 0.717) is 55.2 Å². The number of amides is 6. The molecular formula is C51H58IN6O10Y-. The van der Waals surface area contributed by atoms with Crippen molar-refractivity contribution in [3.8, 4) is 11.5 Å². The minimum Gasteiger partial charge on any atom is -0.594 e. The van der Waals surface area contributed by atoms with Crippen LogP contribution in [0.25, 0.3) is 5.32 Å². The second-order valence-electron chi connectivity index (χ2n) is 17.3. The second kappa shape index (κ2) is 25.0. The minimum absolute atomic E-state index is 0. The molecule has 0 bridgehead atoms. The van der Waals surface area contributed by atoms with Crippen LogP contribution in [0.1, 0.15) is 87.2 Å². The molecule has 10 rings (SSSR count). The Kier molecular flexibility index (Phi) is 19.4. The van der Waals surface area contributed by atoms with E-state index in [0.717, 1.165) is 87.9 Å².